The van der Waals surface area contributed by atoms with Crippen LogP contribution in [-0.4, -0.2) is 51.0 Å². The zero-order valence-corrected chi connectivity index (χ0v) is 16.3. The first-order valence-electron chi connectivity index (χ1n) is 9.46. The van der Waals surface area contributed by atoms with E-state index in [1.165, 1.54) is 0 Å². The minimum Gasteiger partial charge on any atom is -0.466 e. The number of aromatic nitrogens is 3. The second-order valence-corrected chi connectivity index (χ2v) is 6.19. The average Bonchev–Trinajstić information content (AvgIpc) is 2.68. The summed E-state index contributed by atoms with van der Waals surface area (Å²) >= 11 is 0. The van der Waals surface area contributed by atoms with Crippen molar-refractivity contribution in [3.63, 3.8) is 0 Å². The third-order valence-corrected chi connectivity index (χ3v) is 3.92. The Balaban J connectivity index is 2.66. The van der Waals surface area contributed by atoms with E-state index in [1.54, 1.807) is 0 Å². The lowest BCUT2D eigenvalue weighted by molar-refractivity contribution is -0.144. The van der Waals surface area contributed by atoms with Crippen LogP contribution in [-0.2, 0) is 32.2 Å². The molecule has 162 valence electrons. The van der Waals surface area contributed by atoms with Crippen molar-refractivity contribution >= 4 is 11.9 Å². The Labute approximate surface area is 167 Å². The number of hydrogen-bond acceptors (Lipinski definition) is 8. The number of nitrogens with one attached hydrogen (secondary N) is 1. The first-order chi connectivity index (χ1) is 13.9. The molecule has 1 aromatic rings. The molecule has 0 fully saturated rings. The number of hydrogen-bond donors (Lipinski definition) is 2. The number of aliphatic hydroxyl groups excluding tert-OH is 1. The monoisotopic (exact) mass is 413 g/mol. The van der Waals surface area contributed by atoms with Crippen molar-refractivity contribution < 1.29 is 24.2 Å². The molecule has 11 heteroatoms. The van der Waals surface area contributed by atoms with Crippen LogP contribution in [0, 0.1) is 6.92 Å². The maximum absolute atomic E-state index is 12.4. The summed E-state index contributed by atoms with van der Waals surface area (Å²) in [5, 5.41) is 8.66. The molecule has 0 aliphatic rings. The molecule has 0 saturated heterocycles. The maximum atomic E-state index is 12.4. The molecule has 0 amide bonds. The molecule has 1 heterocycles. The number of ether oxygens (including phenoxy) is 2. The third kappa shape index (κ3) is 8.90. The van der Waals surface area contributed by atoms with Crippen LogP contribution in [0.1, 0.15) is 44.9 Å². The smallest absolute Gasteiger partial charge is 0.336 e. The normalized spacial score (nSPS) is 10.7. The molecule has 0 aliphatic heterocycles. The van der Waals surface area contributed by atoms with Crippen LogP contribution in [0.15, 0.2) is 14.4 Å². The summed E-state index contributed by atoms with van der Waals surface area (Å²) in [7, 11) is 0. The van der Waals surface area contributed by atoms with E-state index in [0.717, 1.165) is 0 Å². The highest BCUT2D eigenvalue weighted by molar-refractivity contribution is 5.69. The van der Waals surface area contributed by atoms with Crippen LogP contribution in [0.25, 0.3) is 0 Å². The number of esters is 2. The number of H-pyrrole nitrogens is 1. The van der Waals surface area contributed by atoms with Gasteiger partial charge in [0.15, 0.2) is 0 Å². The van der Waals surface area contributed by atoms with Crippen LogP contribution < -0.4 is 17.1 Å². The zero-order chi connectivity index (χ0) is 21.6. The van der Waals surface area contributed by atoms with Crippen molar-refractivity contribution in [3.8, 4) is 0 Å². The Morgan fingerprint density at radius 3 is 1.79 bits per heavy atom. The van der Waals surface area contributed by atoms with Gasteiger partial charge in [-0.2, -0.15) is 0 Å². The summed E-state index contributed by atoms with van der Waals surface area (Å²) in [5.41, 5.74) is -2.82. The molecule has 0 unspecified atom stereocenters. The van der Waals surface area contributed by atoms with E-state index in [9.17, 15) is 24.0 Å². The van der Waals surface area contributed by atoms with Crippen molar-refractivity contribution in [1.82, 2.24) is 14.1 Å². The molecule has 0 atom stereocenters. The van der Waals surface area contributed by atoms with Gasteiger partial charge in [0, 0.05) is 19.7 Å². The fourth-order valence-corrected chi connectivity index (χ4v) is 2.32. The lowest BCUT2D eigenvalue weighted by Gasteiger charge is -2.09. The van der Waals surface area contributed by atoms with Gasteiger partial charge in [-0.05, 0) is 39.0 Å². The van der Waals surface area contributed by atoms with Crippen LogP contribution in [0.2, 0.25) is 0 Å². The van der Waals surface area contributed by atoms with Crippen molar-refractivity contribution in [2.75, 3.05) is 19.8 Å². The summed E-state index contributed by atoms with van der Waals surface area (Å²) in [6.45, 7) is 5.10. The van der Waals surface area contributed by atoms with E-state index in [0.29, 0.717) is 41.2 Å². The summed E-state index contributed by atoms with van der Waals surface area (Å²) in [4.78, 5) is 61.5. The van der Waals surface area contributed by atoms with Gasteiger partial charge in [-0.1, -0.05) is 0 Å². The van der Waals surface area contributed by atoms with Crippen molar-refractivity contribution in [3.05, 3.63) is 38.4 Å². The summed E-state index contributed by atoms with van der Waals surface area (Å²) in [6.07, 6.45) is 2.33. The molecule has 1 aromatic heterocycles. The number of rotatable bonds is 14. The van der Waals surface area contributed by atoms with E-state index >= 15 is 0 Å². The second kappa shape index (κ2) is 13.5. The molecule has 0 bridgehead atoms. The Bertz CT molecular complexity index is 760. The van der Waals surface area contributed by atoms with Gasteiger partial charge < -0.3 is 14.6 Å². The number of carbonyl (C=O) groups excluding carboxylic acids is 2. The molecule has 1 rings (SSSR count). The van der Waals surface area contributed by atoms with Gasteiger partial charge in [-0.15, -0.1) is 0 Å². The quantitative estimate of drug-likeness (QED) is 0.298. The second-order valence-electron chi connectivity index (χ2n) is 6.19. The zero-order valence-electron chi connectivity index (χ0n) is 16.3. The van der Waals surface area contributed by atoms with Gasteiger partial charge >= 0.3 is 29.0 Å². The van der Waals surface area contributed by atoms with E-state index < -0.39 is 29.0 Å². The summed E-state index contributed by atoms with van der Waals surface area (Å²) in [5.74, 6) is -1.20. The average molecular weight is 413 g/mol. The lowest BCUT2D eigenvalue weighted by atomic mass is 10.3. The Kier molecular flexibility index (Phi) is 11.3. The summed E-state index contributed by atoms with van der Waals surface area (Å²) < 4.78 is 11.3. The highest BCUT2D eigenvalue weighted by Crippen LogP contribution is 1.96. The predicted octanol–water partition coefficient (Wildman–Crippen LogP) is -0.781. The molecule has 0 spiro atoms. The number of carbonyl (C=O) groups is 2. The fraction of sp³-hybridized carbons (Fsp3) is 0.667. The van der Waals surface area contributed by atoms with Crippen molar-refractivity contribution in [2.24, 2.45) is 0 Å². The topological polar surface area (TPSA) is 150 Å². The van der Waals surface area contributed by atoms with E-state index in [1.807, 2.05) is 4.98 Å². The predicted molar refractivity (Wildman–Crippen MR) is 101 cm³/mol. The molecule has 2 N–H and O–H groups in total. The van der Waals surface area contributed by atoms with Gasteiger partial charge in [0.1, 0.15) is 0 Å². The fourth-order valence-electron chi connectivity index (χ4n) is 2.32. The van der Waals surface area contributed by atoms with Gasteiger partial charge in [0.2, 0.25) is 0 Å². The van der Waals surface area contributed by atoms with Crippen LogP contribution >= 0.6 is 0 Å². The molecule has 0 aromatic carbocycles. The van der Waals surface area contributed by atoms with Crippen LogP contribution in [0.3, 0.4) is 0 Å². The number of aliphatic hydroxyl groups is 1. The maximum Gasteiger partial charge on any atom is 0.336 e. The molecule has 0 saturated carbocycles. The first-order valence-corrected chi connectivity index (χ1v) is 9.46. The van der Waals surface area contributed by atoms with Crippen molar-refractivity contribution in [2.45, 2.75) is 58.0 Å². The number of nitrogens with zero attached hydrogens (tertiary/aromatic N) is 2. The number of unbranched alkanes of at least 4 members (excludes halogenated alkanes) is 3. The Morgan fingerprint density at radius 1 is 0.862 bits per heavy atom. The van der Waals surface area contributed by atoms with Gasteiger partial charge in [0.25, 0.3) is 0 Å². The van der Waals surface area contributed by atoms with E-state index in [2.05, 4.69) is 0 Å². The molecule has 2 radical (unpaired) electrons. The molecule has 11 nitrogen and oxygen atoms in total. The highest BCUT2D eigenvalue weighted by atomic mass is 16.5. The first kappa shape index (κ1) is 24.3. The minimum atomic E-state index is -0.950. The highest BCUT2D eigenvalue weighted by Gasteiger charge is 2.13. The van der Waals surface area contributed by atoms with Gasteiger partial charge in [-0.25, -0.2) is 23.5 Å². The SMILES string of the molecule is [CH]CCCCOC(=O)CCn1c(=O)[nH]c(=O)n(CCC(=O)OCCCCO)c1=O. The standard InChI is InChI=1S/C18H27N3O8/c1-2-3-5-12-28-14(23)7-9-20-16(25)19-17(26)21(18(20)27)10-8-15(24)29-13-6-4-11-22/h1,22H,2-13H2,(H,19,25,26). The molecular weight excluding hydrogens is 386 g/mol. The largest absolute Gasteiger partial charge is 0.466 e. The third-order valence-electron chi connectivity index (χ3n) is 3.92. The molecule has 0 aliphatic carbocycles. The van der Waals surface area contributed by atoms with Crippen LogP contribution in [0.4, 0.5) is 0 Å². The van der Waals surface area contributed by atoms with E-state index in [-0.39, 0.29) is 45.8 Å². The molecular formula is C18H27N3O8. The Morgan fingerprint density at radius 2 is 1.34 bits per heavy atom. The van der Waals surface area contributed by atoms with Gasteiger partial charge in [-0.3, -0.25) is 14.6 Å². The number of aromatic amines is 1. The van der Waals surface area contributed by atoms with Crippen LogP contribution in [0.5, 0.6) is 0 Å². The van der Waals surface area contributed by atoms with Gasteiger partial charge in [0.05, 0.1) is 26.1 Å². The minimum absolute atomic E-state index is 0.00882. The molecule has 29 heavy (non-hydrogen) atoms. The van der Waals surface area contributed by atoms with E-state index in [4.69, 9.17) is 21.5 Å². The Hall–Kier alpha value is -2.69. The lowest BCUT2D eigenvalue weighted by Crippen LogP contribution is -2.49. The van der Waals surface area contributed by atoms with Crippen molar-refractivity contribution in [1.29, 1.82) is 0 Å². The summed E-state index contributed by atoms with van der Waals surface area (Å²) in [6, 6.07) is 0.